The van der Waals surface area contributed by atoms with Gasteiger partial charge in [-0.25, -0.2) is 0 Å². The third-order valence-corrected chi connectivity index (χ3v) is 3.15. The topological polar surface area (TPSA) is 57.6 Å². The average molecular weight is 201 g/mol. The lowest BCUT2D eigenvalue weighted by Crippen LogP contribution is -2.23. The van der Waals surface area contributed by atoms with Gasteiger partial charge in [0, 0.05) is 18.8 Å². The first kappa shape index (κ1) is 8.77. The Morgan fingerprint density at radius 1 is 1.46 bits per heavy atom. The third kappa shape index (κ3) is 1.92. The first-order valence-corrected chi connectivity index (χ1v) is 5.63. The van der Waals surface area contributed by atoms with E-state index in [0.29, 0.717) is 12.6 Å². The molecule has 0 aromatic rings. The molecular weight excluding hydrogens is 190 g/mol. The standard InChI is InChI=1S/C8H11NO3S/c10-13(11,12)8-3-5-9(6-4-8)7-1-2-7/h3-5,7H,1-2,6H2,(H,10,11,12). The van der Waals surface area contributed by atoms with Gasteiger partial charge >= 0.3 is 0 Å². The zero-order valence-corrected chi connectivity index (χ0v) is 7.87. The fourth-order valence-electron chi connectivity index (χ4n) is 1.36. The Morgan fingerprint density at radius 2 is 2.15 bits per heavy atom. The molecule has 0 amide bonds. The van der Waals surface area contributed by atoms with Crippen LogP contribution in [0.3, 0.4) is 0 Å². The zero-order chi connectivity index (χ0) is 9.47. The van der Waals surface area contributed by atoms with E-state index in [1.165, 1.54) is 25.0 Å². The predicted molar refractivity (Wildman–Crippen MR) is 48.5 cm³/mol. The number of hydrogen-bond donors (Lipinski definition) is 1. The fourth-order valence-corrected chi connectivity index (χ4v) is 1.88. The van der Waals surface area contributed by atoms with Crippen molar-refractivity contribution in [3.05, 3.63) is 23.3 Å². The van der Waals surface area contributed by atoms with E-state index < -0.39 is 10.1 Å². The quantitative estimate of drug-likeness (QED) is 0.670. The SMILES string of the molecule is O=S(=O)(O)C1=CCN(C2CC2)C=C1. The predicted octanol–water partition coefficient (Wildman–Crippen LogP) is 0.750. The van der Waals surface area contributed by atoms with Crippen LogP contribution in [-0.2, 0) is 10.1 Å². The third-order valence-electron chi connectivity index (χ3n) is 2.25. The summed E-state index contributed by atoms with van der Waals surface area (Å²) in [5, 5.41) is 0. The lowest BCUT2D eigenvalue weighted by molar-refractivity contribution is 0.400. The van der Waals surface area contributed by atoms with Crippen molar-refractivity contribution in [1.29, 1.82) is 0 Å². The summed E-state index contributed by atoms with van der Waals surface area (Å²) in [6.45, 7) is 0.580. The van der Waals surface area contributed by atoms with Crippen molar-refractivity contribution in [2.24, 2.45) is 0 Å². The highest BCUT2D eigenvalue weighted by atomic mass is 32.2. The summed E-state index contributed by atoms with van der Waals surface area (Å²) in [6.07, 6.45) is 7.07. The molecule has 1 fully saturated rings. The van der Waals surface area contributed by atoms with Gasteiger partial charge < -0.3 is 4.90 Å². The molecule has 0 atom stereocenters. The van der Waals surface area contributed by atoms with Crippen molar-refractivity contribution in [3.8, 4) is 0 Å². The first-order valence-electron chi connectivity index (χ1n) is 4.19. The van der Waals surface area contributed by atoms with Gasteiger partial charge in [-0.05, 0) is 25.0 Å². The Kier molecular flexibility index (Phi) is 1.92. The van der Waals surface area contributed by atoms with Crippen LogP contribution < -0.4 is 0 Å². The van der Waals surface area contributed by atoms with Crippen molar-refractivity contribution >= 4 is 10.1 Å². The van der Waals surface area contributed by atoms with Gasteiger partial charge in [0.25, 0.3) is 10.1 Å². The maximum atomic E-state index is 10.7. The Hall–Kier alpha value is -0.810. The molecule has 0 saturated heterocycles. The number of hydrogen-bond acceptors (Lipinski definition) is 3. The molecular formula is C8H11NO3S. The molecule has 0 bridgehead atoms. The van der Waals surface area contributed by atoms with E-state index in [-0.39, 0.29) is 4.91 Å². The molecule has 0 aromatic heterocycles. The van der Waals surface area contributed by atoms with Crippen LogP contribution in [0.4, 0.5) is 0 Å². The first-order chi connectivity index (χ1) is 6.07. The molecule has 1 saturated carbocycles. The van der Waals surface area contributed by atoms with E-state index in [4.69, 9.17) is 4.55 Å². The van der Waals surface area contributed by atoms with Crippen LogP contribution in [0.1, 0.15) is 12.8 Å². The van der Waals surface area contributed by atoms with E-state index in [9.17, 15) is 8.42 Å². The van der Waals surface area contributed by atoms with E-state index in [2.05, 4.69) is 4.90 Å². The molecule has 1 aliphatic carbocycles. The molecule has 4 nitrogen and oxygen atoms in total. The molecule has 0 aromatic carbocycles. The molecule has 1 aliphatic heterocycles. The lowest BCUT2D eigenvalue weighted by Gasteiger charge is -2.21. The monoisotopic (exact) mass is 201 g/mol. The second-order valence-corrected chi connectivity index (χ2v) is 4.75. The van der Waals surface area contributed by atoms with Crippen LogP contribution in [0.2, 0.25) is 0 Å². The minimum atomic E-state index is -4.01. The molecule has 0 radical (unpaired) electrons. The maximum absolute atomic E-state index is 10.7. The molecule has 2 rings (SSSR count). The van der Waals surface area contributed by atoms with Crippen LogP contribution in [-0.4, -0.2) is 30.5 Å². The van der Waals surface area contributed by atoms with Gasteiger partial charge in [0.05, 0.1) is 4.91 Å². The normalized spacial score (nSPS) is 23.2. The van der Waals surface area contributed by atoms with Gasteiger partial charge in [0.15, 0.2) is 0 Å². The van der Waals surface area contributed by atoms with Gasteiger partial charge in [-0.15, -0.1) is 0 Å². The summed E-state index contributed by atoms with van der Waals surface area (Å²) < 4.78 is 30.1. The van der Waals surface area contributed by atoms with Crippen LogP contribution in [0, 0.1) is 0 Å². The van der Waals surface area contributed by atoms with Gasteiger partial charge in [-0.2, -0.15) is 8.42 Å². The average Bonchev–Trinajstić information content (AvgIpc) is 2.85. The summed E-state index contributed by atoms with van der Waals surface area (Å²) in [6, 6.07) is 0.579. The fraction of sp³-hybridized carbons (Fsp3) is 0.500. The summed E-state index contributed by atoms with van der Waals surface area (Å²) in [7, 11) is -4.01. The Balaban J connectivity index is 2.09. The van der Waals surface area contributed by atoms with Crippen LogP contribution in [0.15, 0.2) is 23.3 Å². The van der Waals surface area contributed by atoms with Gasteiger partial charge in [0.2, 0.25) is 0 Å². The van der Waals surface area contributed by atoms with Crippen LogP contribution >= 0.6 is 0 Å². The van der Waals surface area contributed by atoms with Crippen LogP contribution in [0.5, 0.6) is 0 Å². The minimum Gasteiger partial charge on any atom is -0.371 e. The number of rotatable bonds is 2. The Bertz CT molecular complexity index is 365. The molecule has 72 valence electrons. The largest absolute Gasteiger partial charge is 0.371 e. The highest BCUT2D eigenvalue weighted by molar-refractivity contribution is 7.90. The molecule has 0 unspecified atom stereocenters. The highest BCUT2D eigenvalue weighted by Crippen LogP contribution is 2.28. The number of nitrogens with zero attached hydrogens (tertiary/aromatic N) is 1. The second-order valence-electron chi connectivity index (χ2n) is 3.33. The molecule has 0 spiro atoms. The van der Waals surface area contributed by atoms with Crippen LogP contribution in [0.25, 0.3) is 0 Å². The Morgan fingerprint density at radius 3 is 2.54 bits per heavy atom. The van der Waals surface area contributed by atoms with E-state index >= 15 is 0 Å². The molecule has 5 heteroatoms. The van der Waals surface area contributed by atoms with Gasteiger partial charge in [-0.3, -0.25) is 4.55 Å². The van der Waals surface area contributed by atoms with E-state index in [1.54, 1.807) is 6.20 Å². The van der Waals surface area contributed by atoms with Gasteiger partial charge in [-0.1, -0.05) is 0 Å². The van der Waals surface area contributed by atoms with Crippen molar-refractivity contribution < 1.29 is 13.0 Å². The number of allylic oxidation sites excluding steroid dienone is 1. The molecule has 1 N–H and O–H groups in total. The second kappa shape index (κ2) is 2.85. The van der Waals surface area contributed by atoms with Gasteiger partial charge in [0.1, 0.15) is 0 Å². The molecule has 2 aliphatic rings. The summed E-state index contributed by atoms with van der Waals surface area (Å²) >= 11 is 0. The van der Waals surface area contributed by atoms with E-state index in [1.807, 2.05) is 0 Å². The molecule has 13 heavy (non-hydrogen) atoms. The smallest absolute Gasteiger partial charge is 0.294 e. The van der Waals surface area contributed by atoms with Crippen molar-refractivity contribution in [2.75, 3.05) is 6.54 Å². The maximum Gasteiger partial charge on any atom is 0.294 e. The minimum absolute atomic E-state index is 0.00407. The van der Waals surface area contributed by atoms with E-state index in [0.717, 1.165) is 0 Å². The molecule has 1 heterocycles. The van der Waals surface area contributed by atoms with Crippen molar-refractivity contribution in [2.45, 2.75) is 18.9 Å². The zero-order valence-electron chi connectivity index (χ0n) is 7.05. The van der Waals surface area contributed by atoms with Crippen molar-refractivity contribution in [1.82, 2.24) is 4.90 Å². The van der Waals surface area contributed by atoms with Crippen molar-refractivity contribution in [3.63, 3.8) is 0 Å². The summed E-state index contributed by atoms with van der Waals surface area (Å²) in [5.74, 6) is 0. The highest BCUT2D eigenvalue weighted by Gasteiger charge is 2.28. The lowest BCUT2D eigenvalue weighted by atomic mass is 10.3. The summed E-state index contributed by atoms with van der Waals surface area (Å²) in [5.41, 5.74) is 0. The Labute approximate surface area is 77.3 Å². The summed E-state index contributed by atoms with van der Waals surface area (Å²) in [4.78, 5) is 2.08.